The number of methoxy groups -OCH3 is 1. The standard InChI is InChI=1S/C16H26N4O2/c1-5-13-9-7-8-12(3)14(13)20(6-2)16(21)19-15(17)18-10-11-22-4/h7-9H,5-6,10-11H2,1-4H3,(H3,17,18,19,21). The fourth-order valence-electron chi connectivity index (χ4n) is 2.27. The first-order chi connectivity index (χ1) is 10.5. The number of aryl methyl sites for hydroxylation is 2. The molecule has 0 aliphatic rings. The van der Waals surface area contributed by atoms with Gasteiger partial charge in [-0.15, -0.1) is 0 Å². The average Bonchev–Trinajstić information content (AvgIpc) is 2.49. The predicted molar refractivity (Wildman–Crippen MR) is 90.5 cm³/mol. The number of para-hydroxylation sites is 1. The minimum Gasteiger partial charge on any atom is -0.383 e. The third-order valence-electron chi connectivity index (χ3n) is 3.35. The van der Waals surface area contributed by atoms with Gasteiger partial charge in [-0.3, -0.25) is 15.2 Å². The smallest absolute Gasteiger partial charge is 0.328 e. The second-order valence-electron chi connectivity index (χ2n) is 4.87. The Morgan fingerprint density at radius 2 is 2.14 bits per heavy atom. The highest BCUT2D eigenvalue weighted by molar-refractivity contribution is 6.03. The largest absolute Gasteiger partial charge is 0.383 e. The molecule has 6 heteroatoms. The Labute approximate surface area is 132 Å². The zero-order valence-corrected chi connectivity index (χ0v) is 13.8. The molecule has 1 aromatic rings. The minimum atomic E-state index is -0.273. The van der Waals surface area contributed by atoms with Crippen molar-refractivity contribution >= 4 is 17.7 Å². The molecule has 0 saturated heterocycles. The summed E-state index contributed by atoms with van der Waals surface area (Å²) in [6.07, 6.45) is 0.859. The molecule has 0 unspecified atom stereocenters. The van der Waals surface area contributed by atoms with Crippen LogP contribution in [0.2, 0.25) is 0 Å². The molecule has 3 N–H and O–H groups in total. The third-order valence-corrected chi connectivity index (χ3v) is 3.35. The summed E-state index contributed by atoms with van der Waals surface area (Å²) in [6.45, 7) is 7.44. The lowest BCUT2D eigenvalue weighted by Gasteiger charge is -2.25. The second-order valence-corrected chi connectivity index (χ2v) is 4.87. The summed E-state index contributed by atoms with van der Waals surface area (Å²) in [6, 6.07) is 5.77. The molecule has 1 rings (SSSR count). The van der Waals surface area contributed by atoms with E-state index >= 15 is 0 Å². The molecule has 1 aromatic carbocycles. The second kappa shape index (κ2) is 9.04. The molecule has 0 spiro atoms. The number of anilines is 1. The van der Waals surface area contributed by atoms with Gasteiger partial charge in [-0.25, -0.2) is 4.79 Å². The van der Waals surface area contributed by atoms with Crippen molar-refractivity contribution in [2.24, 2.45) is 10.7 Å². The third kappa shape index (κ3) is 4.73. The summed E-state index contributed by atoms with van der Waals surface area (Å²) in [5, 5.41) is 2.63. The van der Waals surface area contributed by atoms with Crippen LogP contribution in [0.1, 0.15) is 25.0 Å². The van der Waals surface area contributed by atoms with Gasteiger partial charge in [0.15, 0.2) is 5.96 Å². The van der Waals surface area contributed by atoms with Gasteiger partial charge < -0.3 is 10.5 Å². The van der Waals surface area contributed by atoms with Gasteiger partial charge in [0.25, 0.3) is 0 Å². The van der Waals surface area contributed by atoms with Crippen LogP contribution in [-0.2, 0) is 11.2 Å². The van der Waals surface area contributed by atoms with Crippen LogP contribution in [0, 0.1) is 6.92 Å². The van der Waals surface area contributed by atoms with E-state index in [9.17, 15) is 4.79 Å². The highest BCUT2D eigenvalue weighted by Gasteiger charge is 2.19. The zero-order chi connectivity index (χ0) is 16.5. The molecule has 0 aliphatic heterocycles. The SMILES string of the molecule is CCc1cccc(C)c1N(CC)C(=O)NC(N)=NCCOC. The fraction of sp³-hybridized carbons (Fsp3) is 0.500. The van der Waals surface area contributed by atoms with E-state index in [1.54, 1.807) is 12.0 Å². The molecular weight excluding hydrogens is 280 g/mol. The number of rotatable bonds is 6. The van der Waals surface area contributed by atoms with E-state index in [-0.39, 0.29) is 12.0 Å². The van der Waals surface area contributed by atoms with Gasteiger partial charge in [0.2, 0.25) is 0 Å². The van der Waals surface area contributed by atoms with Crippen molar-refractivity contribution < 1.29 is 9.53 Å². The molecule has 0 radical (unpaired) electrons. The van der Waals surface area contributed by atoms with Gasteiger partial charge in [0.05, 0.1) is 18.8 Å². The summed E-state index contributed by atoms with van der Waals surface area (Å²) in [7, 11) is 1.59. The van der Waals surface area contributed by atoms with Gasteiger partial charge in [-0.1, -0.05) is 25.1 Å². The number of carbonyl (C=O) groups excluding carboxylic acids is 1. The molecule has 0 fully saturated rings. The van der Waals surface area contributed by atoms with Crippen LogP contribution in [0.25, 0.3) is 0 Å². The first kappa shape index (κ1) is 18.0. The van der Waals surface area contributed by atoms with Gasteiger partial charge in [-0.05, 0) is 31.4 Å². The van der Waals surface area contributed by atoms with Crippen molar-refractivity contribution in [2.75, 3.05) is 31.7 Å². The molecule has 0 aliphatic carbocycles. The van der Waals surface area contributed by atoms with Crippen LogP contribution < -0.4 is 16.0 Å². The lowest BCUT2D eigenvalue weighted by atomic mass is 10.0. The summed E-state index contributed by atoms with van der Waals surface area (Å²) < 4.78 is 4.90. The van der Waals surface area contributed by atoms with Crippen molar-refractivity contribution in [1.82, 2.24) is 5.32 Å². The van der Waals surface area contributed by atoms with Gasteiger partial charge in [0.1, 0.15) is 0 Å². The molecule has 0 bridgehead atoms. The van der Waals surface area contributed by atoms with E-state index in [0.717, 1.165) is 23.2 Å². The Morgan fingerprint density at radius 1 is 1.41 bits per heavy atom. The number of aliphatic imine (C=N–C) groups is 1. The number of carbonyl (C=O) groups is 1. The quantitative estimate of drug-likeness (QED) is 0.479. The van der Waals surface area contributed by atoms with E-state index < -0.39 is 0 Å². The van der Waals surface area contributed by atoms with Crippen LogP contribution in [0.15, 0.2) is 23.2 Å². The van der Waals surface area contributed by atoms with Crippen LogP contribution in [0.3, 0.4) is 0 Å². The van der Waals surface area contributed by atoms with Gasteiger partial charge in [-0.2, -0.15) is 0 Å². The Morgan fingerprint density at radius 3 is 2.73 bits per heavy atom. The monoisotopic (exact) mass is 306 g/mol. The summed E-state index contributed by atoms with van der Waals surface area (Å²) in [5.74, 6) is 0.104. The number of benzene rings is 1. The maximum atomic E-state index is 12.5. The Hall–Kier alpha value is -2.08. The zero-order valence-electron chi connectivity index (χ0n) is 13.8. The lowest BCUT2D eigenvalue weighted by molar-refractivity contribution is 0.208. The normalized spacial score (nSPS) is 11.4. The summed E-state index contributed by atoms with van der Waals surface area (Å²) in [4.78, 5) is 18.2. The van der Waals surface area contributed by atoms with Crippen LogP contribution in [0.4, 0.5) is 10.5 Å². The van der Waals surface area contributed by atoms with E-state index in [0.29, 0.717) is 19.7 Å². The van der Waals surface area contributed by atoms with Crippen molar-refractivity contribution in [3.63, 3.8) is 0 Å². The van der Waals surface area contributed by atoms with Crippen molar-refractivity contribution in [1.29, 1.82) is 0 Å². The first-order valence-corrected chi connectivity index (χ1v) is 7.50. The number of guanidine groups is 1. The Balaban J connectivity index is 2.92. The van der Waals surface area contributed by atoms with E-state index in [4.69, 9.17) is 10.5 Å². The van der Waals surface area contributed by atoms with Crippen molar-refractivity contribution in [2.45, 2.75) is 27.2 Å². The Bertz CT molecular complexity index is 529. The predicted octanol–water partition coefficient (Wildman–Crippen LogP) is 2.05. The highest BCUT2D eigenvalue weighted by atomic mass is 16.5. The molecule has 2 amide bonds. The van der Waals surface area contributed by atoms with Crippen molar-refractivity contribution in [3.8, 4) is 0 Å². The van der Waals surface area contributed by atoms with E-state index in [1.165, 1.54) is 0 Å². The molecule has 0 aromatic heterocycles. The highest BCUT2D eigenvalue weighted by Crippen LogP contribution is 2.25. The molecule has 0 heterocycles. The maximum absolute atomic E-state index is 12.5. The number of urea groups is 1. The number of hydrogen-bond donors (Lipinski definition) is 2. The summed E-state index contributed by atoms with van der Waals surface area (Å²) in [5.41, 5.74) is 8.86. The molecular formula is C16H26N4O2. The van der Waals surface area contributed by atoms with E-state index in [2.05, 4.69) is 17.2 Å². The van der Waals surface area contributed by atoms with Crippen LogP contribution in [0.5, 0.6) is 0 Å². The Kier molecular flexibility index (Phi) is 7.39. The molecule has 0 atom stereocenters. The lowest BCUT2D eigenvalue weighted by Crippen LogP contribution is -2.46. The average molecular weight is 306 g/mol. The fourth-order valence-corrected chi connectivity index (χ4v) is 2.27. The number of nitrogens with one attached hydrogen (secondary N) is 1. The number of ether oxygens (including phenoxy) is 1. The summed E-state index contributed by atoms with van der Waals surface area (Å²) >= 11 is 0. The first-order valence-electron chi connectivity index (χ1n) is 7.50. The van der Waals surface area contributed by atoms with Gasteiger partial charge in [0, 0.05) is 13.7 Å². The number of amides is 2. The van der Waals surface area contributed by atoms with Crippen molar-refractivity contribution in [3.05, 3.63) is 29.3 Å². The number of nitrogens with zero attached hydrogens (tertiary/aromatic N) is 2. The molecule has 122 valence electrons. The topological polar surface area (TPSA) is 80.0 Å². The van der Waals surface area contributed by atoms with Crippen LogP contribution in [-0.4, -0.2) is 38.8 Å². The molecule has 6 nitrogen and oxygen atoms in total. The number of hydrogen-bond acceptors (Lipinski definition) is 3. The minimum absolute atomic E-state index is 0.104. The van der Waals surface area contributed by atoms with Gasteiger partial charge >= 0.3 is 6.03 Å². The maximum Gasteiger partial charge on any atom is 0.328 e. The molecule has 22 heavy (non-hydrogen) atoms. The number of nitrogens with two attached hydrogens (primary N) is 1. The molecule has 0 saturated carbocycles. The van der Waals surface area contributed by atoms with E-state index in [1.807, 2.05) is 32.0 Å². The van der Waals surface area contributed by atoms with Crippen LogP contribution >= 0.6 is 0 Å².